The standard InChI is InChI=1S/C15H21NO3S/c1-4-20(17)9-8-16-11(2)14-10-12-6-5-7-13(18-3)15(12)19-14/h5-7,10-11,16H,4,8-9H2,1-3H3. The first-order chi connectivity index (χ1) is 9.65. The summed E-state index contributed by atoms with van der Waals surface area (Å²) >= 11 is 0. The predicted octanol–water partition coefficient (Wildman–Crippen LogP) is 2.86. The summed E-state index contributed by atoms with van der Waals surface area (Å²) in [6.07, 6.45) is 0. The van der Waals surface area contributed by atoms with Gasteiger partial charge in [0.25, 0.3) is 0 Å². The van der Waals surface area contributed by atoms with Gasteiger partial charge >= 0.3 is 0 Å². The van der Waals surface area contributed by atoms with Crippen LogP contribution in [0.1, 0.15) is 25.6 Å². The van der Waals surface area contributed by atoms with Crippen molar-refractivity contribution in [1.29, 1.82) is 0 Å². The summed E-state index contributed by atoms with van der Waals surface area (Å²) in [4.78, 5) is 0. The fourth-order valence-corrected chi connectivity index (χ4v) is 2.70. The van der Waals surface area contributed by atoms with Crippen molar-refractivity contribution in [3.63, 3.8) is 0 Å². The van der Waals surface area contributed by atoms with E-state index >= 15 is 0 Å². The average molecular weight is 295 g/mol. The van der Waals surface area contributed by atoms with Gasteiger partial charge in [0.1, 0.15) is 5.76 Å². The van der Waals surface area contributed by atoms with Gasteiger partial charge in [-0.25, -0.2) is 0 Å². The lowest BCUT2D eigenvalue weighted by molar-refractivity contribution is 0.401. The van der Waals surface area contributed by atoms with Crippen molar-refractivity contribution in [3.8, 4) is 5.75 Å². The second-order valence-electron chi connectivity index (χ2n) is 4.64. The lowest BCUT2D eigenvalue weighted by Gasteiger charge is -2.10. The molecule has 0 radical (unpaired) electrons. The molecule has 1 aromatic carbocycles. The molecular weight excluding hydrogens is 274 g/mol. The van der Waals surface area contributed by atoms with Gasteiger partial charge in [-0.15, -0.1) is 0 Å². The molecule has 0 fully saturated rings. The number of rotatable bonds is 7. The fourth-order valence-electron chi connectivity index (χ4n) is 2.06. The Hall–Kier alpha value is -1.33. The summed E-state index contributed by atoms with van der Waals surface area (Å²) in [7, 11) is 0.905. The Morgan fingerprint density at radius 2 is 2.25 bits per heavy atom. The number of hydrogen-bond donors (Lipinski definition) is 1. The molecule has 0 spiro atoms. The quantitative estimate of drug-likeness (QED) is 0.853. The highest BCUT2D eigenvalue weighted by Crippen LogP contribution is 2.30. The van der Waals surface area contributed by atoms with Gasteiger partial charge in [-0.2, -0.15) is 0 Å². The summed E-state index contributed by atoms with van der Waals surface area (Å²) in [5.74, 6) is 2.99. The molecule has 110 valence electrons. The van der Waals surface area contributed by atoms with Gasteiger partial charge in [-0.3, -0.25) is 4.21 Å². The number of nitrogens with one attached hydrogen (secondary N) is 1. The lowest BCUT2D eigenvalue weighted by atomic mass is 10.2. The predicted molar refractivity (Wildman–Crippen MR) is 82.7 cm³/mol. The van der Waals surface area contributed by atoms with Crippen LogP contribution in [0.5, 0.6) is 5.75 Å². The highest BCUT2D eigenvalue weighted by Gasteiger charge is 2.13. The first kappa shape index (κ1) is 15.1. The van der Waals surface area contributed by atoms with Crippen LogP contribution in [0.3, 0.4) is 0 Å². The third-order valence-corrected chi connectivity index (χ3v) is 4.58. The van der Waals surface area contributed by atoms with Crippen LogP contribution in [0.25, 0.3) is 11.0 Å². The molecule has 2 aromatic rings. The van der Waals surface area contributed by atoms with Gasteiger partial charge < -0.3 is 14.5 Å². The molecule has 4 nitrogen and oxygen atoms in total. The molecule has 20 heavy (non-hydrogen) atoms. The van der Waals surface area contributed by atoms with Crippen LogP contribution in [-0.4, -0.2) is 29.4 Å². The molecule has 0 aliphatic carbocycles. The third kappa shape index (κ3) is 3.41. The molecule has 0 aliphatic rings. The molecule has 1 N–H and O–H groups in total. The van der Waals surface area contributed by atoms with E-state index < -0.39 is 10.8 Å². The van der Waals surface area contributed by atoms with Gasteiger partial charge in [0.15, 0.2) is 11.3 Å². The van der Waals surface area contributed by atoms with Crippen molar-refractivity contribution in [2.45, 2.75) is 19.9 Å². The van der Waals surface area contributed by atoms with Crippen molar-refractivity contribution >= 4 is 21.8 Å². The number of para-hydroxylation sites is 1. The molecule has 5 heteroatoms. The number of furan rings is 1. The lowest BCUT2D eigenvalue weighted by Crippen LogP contribution is -2.23. The maximum atomic E-state index is 11.4. The van der Waals surface area contributed by atoms with E-state index in [0.29, 0.717) is 11.5 Å². The largest absolute Gasteiger partial charge is 0.493 e. The SMILES string of the molecule is CCS(=O)CCNC(C)c1cc2cccc(OC)c2o1. The van der Waals surface area contributed by atoms with Crippen molar-refractivity contribution < 1.29 is 13.4 Å². The van der Waals surface area contributed by atoms with E-state index in [0.717, 1.165) is 29.0 Å². The van der Waals surface area contributed by atoms with Gasteiger partial charge in [0.2, 0.25) is 0 Å². The highest BCUT2D eigenvalue weighted by atomic mass is 32.2. The van der Waals surface area contributed by atoms with Gasteiger partial charge in [-0.05, 0) is 19.1 Å². The Bertz CT molecular complexity index is 594. The first-order valence-electron chi connectivity index (χ1n) is 6.80. The second kappa shape index (κ2) is 6.90. The Morgan fingerprint density at radius 3 is 2.95 bits per heavy atom. The zero-order valence-electron chi connectivity index (χ0n) is 12.1. The van der Waals surface area contributed by atoms with E-state index in [1.807, 2.05) is 38.1 Å². The normalized spacial score (nSPS) is 14.3. The monoisotopic (exact) mass is 295 g/mol. The Kier molecular flexibility index (Phi) is 5.20. The Labute approximate surface area is 121 Å². The van der Waals surface area contributed by atoms with E-state index in [-0.39, 0.29) is 6.04 Å². The summed E-state index contributed by atoms with van der Waals surface area (Å²) in [6.45, 7) is 4.69. The Balaban J connectivity index is 2.07. The van der Waals surface area contributed by atoms with E-state index in [2.05, 4.69) is 5.32 Å². The number of ether oxygens (including phenoxy) is 1. The topological polar surface area (TPSA) is 51.5 Å². The summed E-state index contributed by atoms with van der Waals surface area (Å²) in [5.41, 5.74) is 0.774. The van der Waals surface area contributed by atoms with Crippen LogP contribution in [-0.2, 0) is 10.8 Å². The van der Waals surface area contributed by atoms with Crippen molar-refractivity contribution in [3.05, 3.63) is 30.0 Å². The number of methoxy groups -OCH3 is 1. The maximum Gasteiger partial charge on any atom is 0.176 e. The van der Waals surface area contributed by atoms with Gasteiger partial charge in [0.05, 0.1) is 13.2 Å². The van der Waals surface area contributed by atoms with Crippen LogP contribution in [0.4, 0.5) is 0 Å². The van der Waals surface area contributed by atoms with Crippen LogP contribution < -0.4 is 10.1 Å². The van der Waals surface area contributed by atoms with Crippen LogP contribution >= 0.6 is 0 Å². The number of benzene rings is 1. The van der Waals surface area contributed by atoms with Gasteiger partial charge in [0, 0.05) is 34.2 Å². The minimum absolute atomic E-state index is 0.0842. The molecule has 1 aromatic heterocycles. The molecule has 0 bridgehead atoms. The zero-order chi connectivity index (χ0) is 14.5. The Morgan fingerprint density at radius 1 is 1.45 bits per heavy atom. The molecule has 2 rings (SSSR count). The highest BCUT2D eigenvalue weighted by molar-refractivity contribution is 7.84. The van der Waals surface area contributed by atoms with E-state index in [9.17, 15) is 4.21 Å². The molecule has 0 amide bonds. The number of fused-ring (bicyclic) bond motifs is 1. The maximum absolute atomic E-state index is 11.4. The molecular formula is C15H21NO3S. The van der Waals surface area contributed by atoms with Crippen LogP contribution in [0.15, 0.2) is 28.7 Å². The van der Waals surface area contributed by atoms with Crippen LogP contribution in [0.2, 0.25) is 0 Å². The van der Waals surface area contributed by atoms with E-state index in [1.54, 1.807) is 7.11 Å². The van der Waals surface area contributed by atoms with E-state index in [1.165, 1.54) is 0 Å². The van der Waals surface area contributed by atoms with Gasteiger partial charge in [-0.1, -0.05) is 19.1 Å². The smallest absolute Gasteiger partial charge is 0.176 e. The first-order valence-corrected chi connectivity index (χ1v) is 8.29. The van der Waals surface area contributed by atoms with E-state index in [4.69, 9.17) is 9.15 Å². The summed E-state index contributed by atoms with van der Waals surface area (Å²) in [6, 6.07) is 7.94. The average Bonchev–Trinajstić information content (AvgIpc) is 2.90. The molecule has 2 unspecified atom stereocenters. The fraction of sp³-hybridized carbons (Fsp3) is 0.467. The zero-order valence-corrected chi connectivity index (χ0v) is 13.0. The molecule has 0 saturated heterocycles. The molecule has 0 saturated carbocycles. The van der Waals surface area contributed by atoms with Crippen LogP contribution in [0, 0.1) is 0 Å². The molecule has 0 aliphatic heterocycles. The summed E-state index contributed by atoms with van der Waals surface area (Å²) < 4.78 is 22.6. The molecule has 1 heterocycles. The van der Waals surface area contributed by atoms with Crippen molar-refractivity contribution in [2.75, 3.05) is 25.2 Å². The molecule has 2 atom stereocenters. The minimum atomic E-state index is -0.733. The minimum Gasteiger partial charge on any atom is -0.493 e. The summed E-state index contributed by atoms with van der Waals surface area (Å²) in [5, 5.41) is 4.37. The second-order valence-corrected chi connectivity index (χ2v) is 6.50. The van der Waals surface area contributed by atoms with Crippen molar-refractivity contribution in [1.82, 2.24) is 5.32 Å². The van der Waals surface area contributed by atoms with Crippen molar-refractivity contribution in [2.24, 2.45) is 0 Å². The number of hydrogen-bond acceptors (Lipinski definition) is 4. The third-order valence-electron chi connectivity index (χ3n) is 3.28.